The summed E-state index contributed by atoms with van der Waals surface area (Å²) in [6, 6.07) is 3.01. The zero-order chi connectivity index (χ0) is 23.1. The smallest absolute Gasteiger partial charge is 0.326 e. The first-order chi connectivity index (χ1) is 15.9. The highest BCUT2D eigenvalue weighted by atomic mass is 19.1. The first kappa shape index (κ1) is 21.5. The predicted octanol–water partition coefficient (Wildman–Crippen LogP) is 4.03. The maximum atomic E-state index is 15.1. The molecule has 2 aromatic rings. The van der Waals surface area contributed by atoms with Gasteiger partial charge in [0, 0.05) is 37.8 Å². The normalized spacial score (nSPS) is 18.1. The van der Waals surface area contributed by atoms with Gasteiger partial charge in [-0.25, -0.2) is 8.78 Å². The molecule has 172 valence electrons. The Hall–Kier alpha value is -3.33. The van der Waals surface area contributed by atoms with Crippen LogP contribution in [0.25, 0.3) is 6.08 Å². The summed E-state index contributed by atoms with van der Waals surface area (Å²) in [6.45, 7) is 7.84. The van der Waals surface area contributed by atoms with Crippen molar-refractivity contribution in [2.45, 2.75) is 20.3 Å². The Labute approximate surface area is 191 Å². The van der Waals surface area contributed by atoms with Gasteiger partial charge in [0.05, 0.1) is 6.54 Å². The summed E-state index contributed by atoms with van der Waals surface area (Å²) >= 11 is 0. The van der Waals surface area contributed by atoms with Gasteiger partial charge in [-0.1, -0.05) is 11.6 Å². The average molecular weight is 453 g/mol. The van der Waals surface area contributed by atoms with Crippen LogP contribution in [0.2, 0.25) is 0 Å². The number of hydrogen-bond donors (Lipinski definition) is 1. The minimum atomic E-state index is -0.767. The van der Waals surface area contributed by atoms with E-state index in [1.807, 2.05) is 26.0 Å². The Kier molecular flexibility index (Phi) is 5.57. The summed E-state index contributed by atoms with van der Waals surface area (Å²) in [6.07, 6.45) is 4.19. The first-order valence-corrected chi connectivity index (χ1v) is 11.0. The third kappa shape index (κ3) is 4.45. The molecule has 9 heteroatoms. The molecule has 0 atom stereocenters. The van der Waals surface area contributed by atoms with E-state index in [9.17, 15) is 4.39 Å². The number of anilines is 2. The molecule has 0 spiro atoms. The lowest BCUT2D eigenvalue weighted by Gasteiger charge is -2.33. The van der Waals surface area contributed by atoms with Crippen molar-refractivity contribution in [1.82, 2.24) is 14.9 Å². The lowest BCUT2D eigenvalue weighted by atomic mass is 10.1. The molecule has 1 aliphatic carbocycles. The largest absolute Gasteiger partial charge is 0.418 e. The molecule has 1 saturated heterocycles. The number of halogens is 2. The lowest BCUT2D eigenvalue weighted by molar-refractivity contribution is 0.311. The van der Waals surface area contributed by atoms with Crippen LogP contribution in [0, 0.1) is 11.6 Å². The fourth-order valence-electron chi connectivity index (χ4n) is 4.21. The van der Waals surface area contributed by atoms with Crippen molar-refractivity contribution in [3.05, 3.63) is 52.1 Å². The van der Waals surface area contributed by atoms with Gasteiger partial charge >= 0.3 is 6.01 Å². The zero-order valence-corrected chi connectivity index (χ0v) is 19.0. The van der Waals surface area contributed by atoms with Crippen molar-refractivity contribution in [2.24, 2.45) is 4.99 Å². The van der Waals surface area contributed by atoms with Crippen LogP contribution in [0.3, 0.4) is 0 Å². The van der Waals surface area contributed by atoms with E-state index in [0.717, 1.165) is 37.3 Å². The standard InChI is InChI=1S/C24H26F2N6O/c1-14-8-16-11-18(25)23(22(26)17(16)9-14)33-24-29-20(28-19-10-15(2)13-27-19)12-21(30-24)32-6-4-31(3)5-7-32/h9-12H,4-8,13H2,1-3H3,(H,27,28,29,30). The molecule has 3 heterocycles. The Balaban J connectivity index is 1.49. The van der Waals surface area contributed by atoms with E-state index >= 15 is 4.39 Å². The molecule has 3 aliphatic rings. The van der Waals surface area contributed by atoms with Crippen molar-refractivity contribution < 1.29 is 13.5 Å². The third-order valence-corrected chi connectivity index (χ3v) is 6.01. The minimum absolute atomic E-state index is 0.121. The highest BCUT2D eigenvalue weighted by Gasteiger charge is 2.25. The average Bonchev–Trinajstić information content (AvgIpc) is 3.36. The topological polar surface area (TPSA) is 65.9 Å². The second-order valence-electron chi connectivity index (χ2n) is 8.85. The number of likely N-dealkylation sites (N-methyl/N-ethyl adjacent to an activating group) is 1. The number of rotatable bonds is 4. The van der Waals surface area contributed by atoms with Crippen LogP contribution in [0.15, 0.2) is 34.3 Å². The van der Waals surface area contributed by atoms with Gasteiger partial charge in [-0.15, -0.1) is 0 Å². The Morgan fingerprint density at radius 3 is 2.52 bits per heavy atom. The molecular weight excluding hydrogens is 426 g/mol. The molecule has 0 radical (unpaired) electrons. The maximum absolute atomic E-state index is 15.1. The number of aliphatic imine (C=N–C) groups is 1. The number of aromatic nitrogens is 2. The quantitative estimate of drug-likeness (QED) is 0.756. The molecule has 1 aromatic heterocycles. The molecule has 0 unspecified atom stereocenters. The number of benzene rings is 1. The molecule has 33 heavy (non-hydrogen) atoms. The van der Waals surface area contributed by atoms with Crippen LogP contribution < -0.4 is 15.0 Å². The molecule has 0 saturated carbocycles. The third-order valence-electron chi connectivity index (χ3n) is 6.01. The molecular formula is C24H26F2N6O. The number of hydrogen-bond acceptors (Lipinski definition) is 7. The molecule has 5 rings (SSSR count). The highest BCUT2D eigenvalue weighted by molar-refractivity contribution is 6.05. The zero-order valence-electron chi connectivity index (χ0n) is 19.0. The van der Waals surface area contributed by atoms with Crippen LogP contribution in [0.4, 0.5) is 20.4 Å². The van der Waals surface area contributed by atoms with E-state index in [2.05, 4.69) is 37.1 Å². The number of allylic oxidation sites excluding steroid dienone is 1. The molecule has 1 N–H and O–H groups in total. The second-order valence-corrected chi connectivity index (χ2v) is 8.85. The van der Waals surface area contributed by atoms with Crippen LogP contribution in [-0.2, 0) is 6.42 Å². The minimum Gasteiger partial charge on any atom is -0.418 e. The summed E-state index contributed by atoms with van der Waals surface area (Å²) in [5.74, 6) is -0.226. The number of nitrogens with zero attached hydrogens (tertiary/aromatic N) is 5. The summed E-state index contributed by atoms with van der Waals surface area (Å²) in [5, 5.41) is 3.17. The number of nitrogens with one attached hydrogen (secondary N) is 1. The Bertz CT molecular complexity index is 1200. The number of piperazine rings is 1. The molecule has 0 amide bonds. The number of fused-ring (bicyclic) bond motifs is 1. The fraction of sp³-hybridized carbons (Fsp3) is 0.375. The monoisotopic (exact) mass is 452 g/mol. The summed E-state index contributed by atoms with van der Waals surface area (Å²) in [5.41, 5.74) is 3.08. The van der Waals surface area contributed by atoms with Gasteiger partial charge in [0.15, 0.2) is 11.6 Å². The maximum Gasteiger partial charge on any atom is 0.326 e. The van der Waals surface area contributed by atoms with Gasteiger partial charge in [0.2, 0.25) is 5.75 Å². The Morgan fingerprint density at radius 2 is 1.79 bits per heavy atom. The summed E-state index contributed by atoms with van der Waals surface area (Å²) in [7, 11) is 2.07. The molecule has 1 aromatic carbocycles. The molecule has 0 bridgehead atoms. The van der Waals surface area contributed by atoms with Crippen LogP contribution in [0.1, 0.15) is 25.0 Å². The van der Waals surface area contributed by atoms with E-state index in [4.69, 9.17) is 4.74 Å². The van der Waals surface area contributed by atoms with E-state index in [0.29, 0.717) is 41.6 Å². The van der Waals surface area contributed by atoms with E-state index in [1.165, 1.54) is 6.07 Å². The van der Waals surface area contributed by atoms with Crippen molar-refractivity contribution in [2.75, 3.05) is 50.0 Å². The van der Waals surface area contributed by atoms with Crippen molar-refractivity contribution in [1.29, 1.82) is 0 Å². The van der Waals surface area contributed by atoms with Gasteiger partial charge in [-0.2, -0.15) is 9.97 Å². The van der Waals surface area contributed by atoms with Gasteiger partial charge in [-0.05, 0) is 50.6 Å². The SMILES string of the molecule is CC1=CC(Nc2cc(N3CCN(C)CC3)nc(Oc3c(F)cc4c(c3F)C=C(C)C4)n2)=NC1. The molecule has 7 nitrogen and oxygen atoms in total. The second kappa shape index (κ2) is 8.55. The van der Waals surface area contributed by atoms with Crippen molar-refractivity contribution in [3.63, 3.8) is 0 Å². The number of amidine groups is 1. The summed E-state index contributed by atoms with van der Waals surface area (Å²) in [4.78, 5) is 17.6. The van der Waals surface area contributed by atoms with Gasteiger partial charge < -0.3 is 19.9 Å². The van der Waals surface area contributed by atoms with E-state index in [-0.39, 0.29) is 6.01 Å². The Morgan fingerprint density at radius 1 is 1.00 bits per heavy atom. The lowest BCUT2D eigenvalue weighted by Crippen LogP contribution is -2.44. The number of ether oxygens (including phenoxy) is 1. The first-order valence-electron chi connectivity index (χ1n) is 11.0. The van der Waals surface area contributed by atoms with Crippen LogP contribution in [-0.4, -0.2) is 60.5 Å². The van der Waals surface area contributed by atoms with Gasteiger partial charge in [0.25, 0.3) is 0 Å². The van der Waals surface area contributed by atoms with E-state index in [1.54, 1.807) is 6.08 Å². The van der Waals surface area contributed by atoms with Crippen molar-refractivity contribution in [3.8, 4) is 11.8 Å². The highest BCUT2D eigenvalue weighted by Crippen LogP contribution is 2.36. The fourth-order valence-corrected chi connectivity index (χ4v) is 4.21. The predicted molar refractivity (Wildman–Crippen MR) is 125 cm³/mol. The van der Waals surface area contributed by atoms with E-state index < -0.39 is 17.4 Å². The summed E-state index contributed by atoms with van der Waals surface area (Å²) < 4.78 is 35.6. The van der Waals surface area contributed by atoms with Crippen molar-refractivity contribution >= 4 is 23.5 Å². The van der Waals surface area contributed by atoms with Gasteiger partial charge in [0.1, 0.15) is 17.5 Å². The van der Waals surface area contributed by atoms with Crippen LogP contribution in [0.5, 0.6) is 11.8 Å². The molecule has 1 fully saturated rings. The van der Waals surface area contributed by atoms with Crippen LogP contribution >= 0.6 is 0 Å². The molecule has 2 aliphatic heterocycles. The van der Waals surface area contributed by atoms with Gasteiger partial charge in [-0.3, -0.25) is 4.99 Å².